The van der Waals surface area contributed by atoms with Crippen LogP contribution >= 0.6 is 15.9 Å². The predicted molar refractivity (Wildman–Crippen MR) is 82.2 cm³/mol. The van der Waals surface area contributed by atoms with Crippen LogP contribution < -0.4 is 5.32 Å². The summed E-state index contributed by atoms with van der Waals surface area (Å²) in [5.74, 6) is 0. The molecule has 1 aromatic heterocycles. The molecule has 0 aliphatic rings. The molecule has 1 N–H and O–H groups in total. The Morgan fingerprint density at radius 2 is 2.21 bits per heavy atom. The highest BCUT2D eigenvalue weighted by molar-refractivity contribution is 9.10. The van der Waals surface area contributed by atoms with Crippen LogP contribution in [0.1, 0.15) is 29.2 Å². The van der Waals surface area contributed by atoms with Gasteiger partial charge in [-0.05, 0) is 49.6 Å². The molecule has 2 rings (SSSR count). The highest BCUT2D eigenvalue weighted by Crippen LogP contribution is 2.24. The van der Waals surface area contributed by atoms with E-state index in [1.807, 2.05) is 25.0 Å². The molecule has 0 spiro atoms. The quantitative estimate of drug-likeness (QED) is 0.914. The van der Waals surface area contributed by atoms with E-state index in [1.54, 1.807) is 0 Å². The van der Waals surface area contributed by atoms with Crippen LogP contribution in [0.2, 0.25) is 0 Å². The zero-order chi connectivity index (χ0) is 13.8. The molecule has 0 amide bonds. The summed E-state index contributed by atoms with van der Waals surface area (Å²) in [6.45, 7) is 2.11. The van der Waals surface area contributed by atoms with Gasteiger partial charge < -0.3 is 5.32 Å². The van der Waals surface area contributed by atoms with Crippen molar-refractivity contribution in [2.75, 3.05) is 7.05 Å². The molecule has 1 aromatic carbocycles. The van der Waals surface area contributed by atoms with Crippen molar-refractivity contribution in [3.05, 3.63) is 51.8 Å². The second kappa shape index (κ2) is 6.35. The molecule has 0 saturated carbocycles. The van der Waals surface area contributed by atoms with Gasteiger partial charge in [0.25, 0.3) is 0 Å². The Kier molecular flexibility index (Phi) is 4.77. The van der Waals surface area contributed by atoms with Crippen LogP contribution in [0.25, 0.3) is 0 Å². The highest BCUT2D eigenvalue weighted by Gasteiger charge is 2.11. The number of rotatable bonds is 5. The lowest BCUT2D eigenvalue weighted by Crippen LogP contribution is -2.17. The van der Waals surface area contributed by atoms with Crippen LogP contribution in [-0.2, 0) is 13.5 Å². The van der Waals surface area contributed by atoms with E-state index in [0.29, 0.717) is 6.04 Å². The summed E-state index contributed by atoms with van der Waals surface area (Å²) in [4.78, 5) is 0. The summed E-state index contributed by atoms with van der Waals surface area (Å²) in [7, 11) is 3.97. The van der Waals surface area contributed by atoms with Crippen LogP contribution in [0.4, 0.5) is 0 Å². The van der Waals surface area contributed by atoms with E-state index >= 15 is 0 Å². The highest BCUT2D eigenvalue weighted by atomic mass is 79.9. The second-order valence-corrected chi connectivity index (χ2v) is 5.77. The van der Waals surface area contributed by atoms with E-state index in [4.69, 9.17) is 0 Å². The minimum absolute atomic E-state index is 0.372. The molecule has 1 heterocycles. The zero-order valence-corrected chi connectivity index (χ0v) is 13.2. The monoisotopic (exact) mass is 321 g/mol. The maximum atomic E-state index is 4.21. The molecular weight excluding hydrogens is 302 g/mol. The lowest BCUT2D eigenvalue weighted by atomic mass is 9.99. The van der Waals surface area contributed by atoms with E-state index in [0.717, 1.165) is 12.8 Å². The van der Waals surface area contributed by atoms with Gasteiger partial charge >= 0.3 is 0 Å². The third-order valence-electron chi connectivity index (χ3n) is 3.43. The van der Waals surface area contributed by atoms with Crippen molar-refractivity contribution in [1.29, 1.82) is 0 Å². The first-order valence-electron chi connectivity index (χ1n) is 6.51. The summed E-state index contributed by atoms with van der Waals surface area (Å²) in [6, 6.07) is 6.94. The largest absolute Gasteiger partial charge is 0.313 e. The molecule has 0 radical (unpaired) electrons. The lowest BCUT2D eigenvalue weighted by Gasteiger charge is -2.17. The molecule has 0 aliphatic carbocycles. The number of nitrogens with one attached hydrogen (secondary N) is 1. The second-order valence-electron chi connectivity index (χ2n) is 4.91. The molecular formula is C15H20BrN3. The Morgan fingerprint density at radius 1 is 1.42 bits per heavy atom. The lowest BCUT2D eigenvalue weighted by molar-refractivity contribution is 0.549. The summed E-state index contributed by atoms with van der Waals surface area (Å²) in [6.07, 6.45) is 6.12. The van der Waals surface area contributed by atoms with Crippen molar-refractivity contribution in [2.24, 2.45) is 7.05 Å². The number of aromatic nitrogens is 2. The van der Waals surface area contributed by atoms with E-state index in [9.17, 15) is 0 Å². The van der Waals surface area contributed by atoms with E-state index < -0.39 is 0 Å². The Morgan fingerprint density at radius 3 is 2.79 bits per heavy atom. The summed E-state index contributed by atoms with van der Waals surface area (Å²) in [5.41, 5.74) is 3.88. The topological polar surface area (TPSA) is 29.9 Å². The minimum atomic E-state index is 0.372. The van der Waals surface area contributed by atoms with Gasteiger partial charge in [0.05, 0.1) is 6.20 Å². The molecule has 19 heavy (non-hydrogen) atoms. The Hall–Kier alpha value is -1.13. The Bertz CT molecular complexity index is 548. The van der Waals surface area contributed by atoms with Gasteiger partial charge in [-0.1, -0.05) is 28.1 Å². The molecule has 0 aliphatic heterocycles. The van der Waals surface area contributed by atoms with Crippen molar-refractivity contribution in [1.82, 2.24) is 15.1 Å². The van der Waals surface area contributed by atoms with Crippen molar-refractivity contribution < 1.29 is 0 Å². The number of nitrogens with zero attached hydrogens (tertiary/aromatic N) is 2. The molecule has 0 fully saturated rings. The van der Waals surface area contributed by atoms with Crippen molar-refractivity contribution >= 4 is 15.9 Å². The van der Waals surface area contributed by atoms with E-state index in [-0.39, 0.29) is 0 Å². The molecule has 0 saturated heterocycles. The number of benzene rings is 1. The first-order valence-corrected chi connectivity index (χ1v) is 7.30. The zero-order valence-electron chi connectivity index (χ0n) is 11.7. The van der Waals surface area contributed by atoms with Crippen molar-refractivity contribution in [3.63, 3.8) is 0 Å². The Labute approximate surface area is 123 Å². The van der Waals surface area contributed by atoms with E-state index in [1.165, 1.54) is 21.2 Å². The van der Waals surface area contributed by atoms with Gasteiger partial charge in [0.15, 0.2) is 0 Å². The van der Waals surface area contributed by atoms with Crippen LogP contribution in [0, 0.1) is 6.92 Å². The molecule has 3 nitrogen and oxygen atoms in total. The smallest absolute Gasteiger partial charge is 0.0521 e. The van der Waals surface area contributed by atoms with Gasteiger partial charge in [0, 0.05) is 23.8 Å². The predicted octanol–water partition coefficient (Wildman–Crippen LogP) is 3.38. The molecule has 2 aromatic rings. The first kappa shape index (κ1) is 14.3. The number of aryl methyl sites for hydroxylation is 3. The molecule has 0 bridgehead atoms. The van der Waals surface area contributed by atoms with E-state index in [2.05, 4.69) is 57.7 Å². The fourth-order valence-electron chi connectivity index (χ4n) is 2.22. The Balaban J connectivity index is 2.05. The molecule has 4 heteroatoms. The van der Waals surface area contributed by atoms with Crippen LogP contribution in [0.15, 0.2) is 35.1 Å². The SMILES string of the molecule is CNC(CCc1cnn(C)c1)c1ccc(C)c(Br)c1. The minimum Gasteiger partial charge on any atom is -0.313 e. The fraction of sp³-hybridized carbons (Fsp3) is 0.400. The van der Waals surface area contributed by atoms with Crippen LogP contribution in [-0.4, -0.2) is 16.8 Å². The number of halogens is 1. The summed E-state index contributed by atoms with van der Waals surface area (Å²) >= 11 is 3.60. The van der Waals surface area contributed by atoms with Crippen molar-refractivity contribution in [3.8, 4) is 0 Å². The first-order chi connectivity index (χ1) is 9.10. The van der Waals surface area contributed by atoms with Gasteiger partial charge in [0.2, 0.25) is 0 Å². The number of hydrogen-bond acceptors (Lipinski definition) is 2. The van der Waals surface area contributed by atoms with Gasteiger partial charge in [-0.25, -0.2) is 0 Å². The average molecular weight is 322 g/mol. The van der Waals surface area contributed by atoms with Gasteiger partial charge in [-0.3, -0.25) is 4.68 Å². The maximum absolute atomic E-state index is 4.21. The molecule has 1 atom stereocenters. The third kappa shape index (κ3) is 3.67. The normalized spacial score (nSPS) is 12.6. The number of hydrogen-bond donors (Lipinski definition) is 1. The standard InChI is InChI=1S/C15H20BrN3/c1-11-4-6-13(8-14(11)16)15(17-2)7-5-12-9-18-19(3)10-12/h4,6,8-10,15,17H,5,7H2,1-3H3. The van der Waals surface area contributed by atoms with Crippen LogP contribution in [0.5, 0.6) is 0 Å². The molecule has 1 unspecified atom stereocenters. The van der Waals surface area contributed by atoms with Gasteiger partial charge in [-0.15, -0.1) is 0 Å². The average Bonchev–Trinajstić information content (AvgIpc) is 2.80. The third-order valence-corrected chi connectivity index (χ3v) is 4.28. The van der Waals surface area contributed by atoms with Gasteiger partial charge in [0.1, 0.15) is 0 Å². The van der Waals surface area contributed by atoms with Crippen LogP contribution in [0.3, 0.4) is 0 Å². The molecule has 102 valence electrons. The van der Waals surface area contributed by atoms with Crippen molar-refractivity contribution in [2.45, 2.75) is 25.8 Å². The summed E-state index contributed by atoms with van der Waals surface area (Å²) in [5, 5.41) is 7.60. The summed E-state index contributed by atoms with van der Waals surface area (Å²) < 4.78 is 3.03. The fourth-order valence-corrected chi connectivity index (χ4v) is 2.61. The maximum Gasteiger partial charge on any atom is 0.0521 e. The van der Waals surface area contributed by atoms with Gasteiger partial charge in [-0.2, -0.15) is 5.10 Å².